The smallest absolute Gasteiger partial charge is 0.181 e. The summed E-state index contributed by atoms with van der Waals surface area (Å²) in [5, 5.41) is 1.25. The number of allylic oxidation sites excluding steroid dienone is 4. The largest absolute Gasteiger partial charge is 0.290 e. The topological polar surface area (TPSA) is 17.1 Å². The van der Waals surface area contributed by atoms with Gasteiger partial charge in [-0.25, -0.2) is 0 Å². The van der Waals surface area contributed by atoms with Gasteiger partial charge in [-0.3, -0.25) is 4.79 Å². The molecule has 0 atom stereocenters. The van der Waals surface area contributed by atoms with Gasteiger partial charge in [0.05, 0.1) is 8.07 Å². The van der Waals surface area contributed by atoms with E-state index in [2.05, 4.69) is 40.4 Å². The molecule has 0 spiro atoms. The molecular weight excluding hydrogens is 260 g/mol. The zero-order chi connectivity index (χ0) is 15.3. The molecule has 0 aromatic rings. The van der Waals surface area contributed by atoms with Gasteiger partial charge in [0.2, 0.25) is 0 Å². The molecule has 0 saturated heterocycles. The van der Waals surface area contributed by atoms with E-state index < -0.39 is 8.07 Å². The van der Waals surface area contributed by atoms with Crippen molar-refractivity contribution in [1.29, 1.82) is 0 Å². The number of rotatable bonds is 8. The van der Waals surface area contributed by atoms with Crippen LogP contribution in [0.1, 0.15) is 65.7 Å². The third-order valence-corrected chi connectivity index (χ3v) is 6.09. The summed E-state index contributed by atoms with van der Waals surface area (Å²) < 4.78 is 0. The number of unbranched alkanes of at least 4 members (excludes halogenated alkanes) is 1. The Morgan fingerprint density at radius 1 is 0.750 bits per heavy atom. The lowest BCUT2D eigenvalue weighted by atomic mass is 9.95. The van der Waals surface area contributed by atoms with E-state index in [1.165, 1.54) is 29.2 Å². The highest BCUT2D eigenvalue weighted by atomic mass is 28.3. The summed E-state index contributed by atoms with van der Waals surface area (Å²) in [6, 6.07) is 0. The summed E-state index contributed by atoms with van der Waals surface area (Å²) in [5.74, 6) is 0.417. The average molecular weight is 293 g/mol. The Bertz CT molecular complexity index is 421. The van der Waals surface area contributed by atoms with E-state index in [-0.39, 0.29) is 0 Å². The molecule has 0 aromatic heterocycles. The second-order valence-electron chi connectivity index (χ2n) is 6.99. The van der Waals surface area contributed by atoms with Gasteiger partial charge in [0.1, 0.15) is 0 Å². The highest BCUT2D eigenvalue weighted by molar-refractivity contribution is 6.88. The molecule has 20 heavy (non-hydrogen) atoms. The SMILES string of the molecule is CCCCC1=C([Si](C)(C)C)C(=O)C(CCC)=C1CCC. The van der Waals surface area contributed by atoms with Gasteiger partial charge in [-0.05, 0) is 42.0 Å². The summed E-state index contributed by atoms with van der Waals surface area (Å²) in [7, 11) is -1.55. The van der Waals surface area contributed by atoms with E-state index in [4.69, 9.17) is 0 Å². The highest BCUT2D eigenvalue weighted by Crippen LogP contribution is 2.41. The fourth-order valence-corrected chi connectivity index (χ4v) is 5.26. The maximum atomic E-state index is 12.9. The maximum absolute atomic E-state index is 12.9. The minimum atomic E-state index is -1.55. The van der Waals surface area contributed by atoms with Crippen molar-refractivity contribution in [3.63, 3.8) is 0 Å². The van der Waals surface area contributed by atoms with Crippen LogP contribution in [0.25, 0.3) is 0 Å². The quantitative estimate of drug-likeness (QED) is 0.514. The molecule has 1 rings (SSSR count). The lowest BCUT2D eigenvalue weighted by molar-refractivity contribution is -0.111. The van der Waals surface area contributed by atoms with Crippen molar-refractivity contribution in [3.05, 3.63) is 21.9 Å². The summed E-state index contributed by atoms with van der Waals surface area (Å²) in [6.07, 6.45) is 7.82. The van der Waals surface area contributed by atoms with Crippen LogP contribution in [0, 0.1) is 0 Å². The van der Waals surface area contributed by atoms with E-state index in [1.54, 1.807) is 0 Å². The standard InChI is InChI=1S/C18H32OSi/c1-7-10-13-16-14(11-8-2)15(12-9-3)17(19)18(16)20(4,5)6/h7-13H2,1-6H3. The first kappa shape index (κ1) is 17.4. The van der Waals surface area contributed by atoms with Gasteiger partial charge >= 0.3 is 0 Å². The normalized spacial score (nSPS) is 16.6. The molecule has 0 radical (unpaired) electrons. The van der Waals surface area contributed by atoms with Crippen LogP contribution in [0.2, 0.25) is 19.6 Å². The summed E-state index contributed by atoms with van der Waals surface area (Å²) in [6.45, 7) is 13.6. The van der Waals surface area contributed by atoms with Gasteiger partial charge in [0, 0.05) is 5.57 Å². The van der Waals surface area contributed by atoms with Gasteiger partial charge in [-0.2, -0.15) is 0 Å². The van der Waals surface area contributed by atoms with Gasteiger partial charge in [0.15, 0.2) is 5.78 Å². The second kappa shape index (κ2) is 7.40. The van der Waals surface area contributed by atoms with Crippen LogP contribution in [0.15, 0.2) is 21.9 Å². The number of hydrogen-bond acceptors (Lipinski definition) is 1. The van der Waals surface area contributed by atoms with Gasteiger partial charge < -0.3 is 0 Å². The Balaban J connectivity index is 3.29. The lowest BCUT2D eigenvalue weighted by Crippen LogP contribution is -2.29. The van der Waals surface area contributed by atoms with Crippen LogP contribution < -0.4 is 0 Å². The molecule has 1 aliphatic carbocycles. The average Bonchev–Trinajstić information content (AvgIpc) is 2.61. The Labute approximate surface area is 126 Å². The van der Waals surface area contributed by atoms with Gasteiger partial charge in [-0.15, -0.1) is 0 Å². The Morgan fingerprint density at radius 3 is 1.75 bits per heavy atom. The molecule has 114 valence electrons. The molecule has 0 aromatic carbocycles. The molecule has 0 heterocycles. The van der Waals surface area contributed by atoms with Gasteiger partial charge in [-0.1, -0.05) is 59.7 Å². The van der Waals surface area contributed by atoms with Crippen molar-refractivity contribution in [2.24, 2.45) is 0 Å². The first-order valence-corrected chi connectivity index (χ1v) is 11.9. The molecule has 1 aliphatic rings. The molecule has 0 bridgehead atoms. The highest BCUT2D eigenvalue weighted by Gasteiger charge is 2.37. The van der Waals surface area contributed by atoms with E-state index in [0.717, 1.165) is 37.7 Å². The first-order chi connectivity index (χ1) is 9.38. The van der Waals surface area contributed by atoms with Crippen molar-refractivity contribution in [1.82, 2.24) is 0 Å². The van der Waals surface area contributed by atoms with E-state index in [1.807, 2.05) is 0 Å². The van der Waals surface area contributed by atoms with Crippen molar-refractivity contribution in [2.45, 2.75) is 85.4 Å². The van der Waals surface area contributed by atoms with Crippen molar-refractivity contribution >= 4 is 13.9 Å². The Morgan fingerprint density at radius 2 is 1.30 bits per heavy atom. The summed E-state index contributed by atoms with van der Waals surface area (Å²) in [4.78, 5) is 12.9. The second-order valence-corrected chi connectivity index (χ2v) is 12.0. The van der Waals surface area contributed by atoms with E-state index >= 15 is 0 Å². The fraction of sp³-hybridized carbons (Fsp3) is 0.722. The predicted octanol–water partition coefficient (Wildman–Crippen LogP) is 5.83. The van der Waals surface area contributed by atoms with Crippen LogP contribution in [-0.4, -0.2) is 13.9 Å². The molecule has 0 amide bonds. The molecule has 0 fully saturated rings. The monoisotopic (exact) mass is 292 g/mol. The molecular formula is C18H32OSi. The van der Waals surface area contributed by atoms with Crippen LogP contribution in [-0.2, 0) is 4.79 Å². The van der Waals surface area contributed by atoms with Crippen molar-refractivity contribution < 1.29 is 4.79 Å². The Kier molecular flexibility index (Phi) is 6.44. The number of ketones is 1. The molecule has 2 heteroatoms. The number of carbonyl (C=O) groups excluding carboxylic acids is 1. The van der Waals surface area contributed by atoms with Crippen molar-refractivity contribution in [3.8, 4) is 0 Å². The molecule has 0 N–H and O–H groups in total. The van der Waals surface area contributed by atoms with E-state index in [9.17, 15) is 4.79 Å². The number of Topliss-reactive ketones (excluding diaryl/α,β-unsaturated/α-hetero) is 1. The molecule has 0 aliphatic heterocycles. The van der Waals surface area contributed by atoms with Crippen LogP contribution in [0.4, 0.5) is 0 Å². The minimum absolute atomic E-state index is 0.417. The van der Waals surface area contributed by atoms with Crippen LogP contribution in [0.3, 0.4) is 0 Å². The summed E-state index contributed by atoms with van der Waals surface area (Å²) >= 11 is 0. The first-order valence-electron chi connectivity index (χ1n) is 8.39. The van der Waals surface area contributed by atoms with Gasteiger partial charge in [0.25, 0.3) is 0 Å². The summed E-state index contributed by atoms with van der Waals surface area (Å²) in [5.41, 5.74) is 4.06. The molecule has 0 saturated carbocycles. The third kappa shape index (κ3) is 3.72. The number of hydrogen-bond donors (Lipinski definition) is 0. The predicted molar refractivity (Wildman–Crippen MR) is 91.7 cm³/mol. The third-order valence-electron chi connectivity index (χ3n) is 4.06. The van der Waals surface area contributed by atoms with E-state index in [0.29, 0.717) is 5.78 Å². The lowest BCUT2D eigenvalue weighted by Gasteiger charge is -2.20. The van der Waals surface area contributed by atoms with Crippen molar-refractivity contribution in [2.75, 3.05) is 0 Å². The van der Waals surface area contributed by atoms with Crippen LogP contribution in [0.5, 0.6) is 0 Å². The van der Waals surface area contributed by atoms with Crippen LogP contribution >= 0.6 is 0 Å². The molecule has 1 nitrogen and oxygen atoms in total. The zero-order valence-corrected chi connectivity index (χ0v) is 15.4. The molecule has 0 unspecified atom stereocenters. The zero-order valence-electron chi connectivity index (χ0n) is 14.4. The number of carbonyl (C=O) groups is 1. The Hall–Kier alpha value is -0.633. The minimum Gasteiger partial charge on any atom is -0.290 e. The fourth-order valence-electron chi connectivity index (χ4n) is 3.25. The maximum Gasteiger partial charge on any atom is 0.181 e.